The van der Waals surface area contributed by atoms with E-state index in [1.165, 1.54) is 16.2 Å². The van der Waals surface area contributed by atoms with Crippen LogP contribution >= 0.6 is 23.1 Å². The normalized spacial score (nSPS) is 11.9. The number of aromatic nitrogens is 1. The molecule has 3 aromatic rings. The molecule has 0 unspecified atom stereocenters. The molecule has 0 spiro atoms. The topological polar surface area (TPSA) is 52.8 Å². The summed E-state index contributed by atoms with van der Waals surface area (Å²) < 4.78 is 13.9. The summed E-state index contributed by atoms with van der Waals surface area (Å²) in [4.78, 5) is 18.9. The zero-order valence-corrected chi connectivity index (χ0v) is 17.9. The van der Waals surface area contributed by atoms with Gasteiger partial charge in [-0.25, -0.2) is 0 Å². The van der Waals surface area contributed by atoms with Gasteiger partial charge in [-0.05, 0) is 49.1 Å². The fraction of sp³-hybridized carbons (Fsp3) is 0.333. The zero-order chi connectivity index (χ0) is 19.9. The van der Waals surface area contributed by atoms with Crippen molar-refractivity contribution in [3.05, 3.63) is 52.8 Å². The Kier molecular flexibility index (Phi) is 7.30. The lowest BCUT2D eigenvalue weighted by Crippen LogP contribution is -2.20. The molecule has 1 heterocycles. The highest BCUT2D eigenvalue weighted by atomic mass is 32.2. The van der Waals surface area contributed by atoms with E-state index in [2.05, 4.69) is 4.99 Å². The molecular formula is C21H24N2O3S2. The summed E-state index contributed by atoms with van der Waals surface area (Å²) in [5.41, 5.74) is 2.00. The molecule has 0 bridgehead atoms. The van der Waals surface area contributed by atoms with Crippen molar-refractivity contribution in [1.82, 2.24) is 4.57 Å². The van der Waals surface area contributed by atoms with Crippen LogP contribution in [0.5, 0.6) is 5.75 Å². The van der Waals surface area contributed by atoms with E-state index >= 15 is 0 Å². The number of hydrogen-bond acceptors (Lipinski definition) is 5. The molecule has 1 amide bonds. The molecule has 0 radical (unpaired) electrons. The Morgan fingerprint density at radius 2 is 2.00 bits per heavy atom. The Morgan fingerprint density at radius 3 is 2.68 bits per heavy atom. The summed E-state index contributed by atoms with van der Waals surface area (Å²) in [6.07, 6.45) is 2.32. The number of amides is 1. The van der Waals surface area contributed by atoms with Crippen LogP contribution in [0.4, 0.5) is 0 Å². The van der Waals surface area contributed by atoms with E-state index in [1.54, 1.807) is 18.9 Å². The molecule has 3 rings (SSSR count). The molecule has 148 valence electrons. The lowest BCUT2D eigenvalue weighted by Gasteiger charge is -2.06. The van der Waals surface area contributed by atoms with E-state index in [-0.39, 0.29) is 12.3 Å². The van der Waals surface area contributed by atoms with Crippen LogP contribution in [0.3, 0.4) is 0 Å². The first-order valence-corrected chi connectivity index (χ1v) is 11.1. The van der Waals surface area contributed by atoms with Crippen molar-refractivity contribution >= 4 is 39.2 Å². The number of rotatable bonds is 8. The van der Waals surface area contributed by atoms with Crippen LogP contribution < -0.4 is 9.54 Å². The molecule has 0 aliphatic carbocycles. The van der Waals surface area contributed by atoms with Gasteiger partial charge in [0.05, 0.1) is 30.4 Å². The van der Waals surface area contributed by atoms with Crippen molar-refractivity contribution in [2.45, 2.75) is 24.8 Å². The van der Waals surface area contributed by atoms with Crippen LogP contribution in [0.25, 0.3) is 10.2 Å². The summed E-state index contributed by atoms with van der Waals surface area (Å²) in [6, 6.07) is 13.9. The SMILES string of the molecule is CCOCCn1c(=NC(=O)Cc2ccc(SC)cc2)sc2cc(OC)ccc21. The Morgan fingerprint density at radius 1 is 1.21 bits per heavy atom. The predicted molar refractivity (Wildman–Crippen MR) is 115 cm³/mol. The first-order chi connectivity index (χ1) is 13.6. The van der Waals surface area contributed by atoms with Crippen LogP contribution in [0, 0.1) is 0 Å². The maximum absolute atomic E-state index is 12.6. The van der Waals surface area contributed by atoms with E-state index in [9.17, 15) is 4.79 Å². The third-order valence-electron chi connectivity index (χ3n) is 4.29. The summed E-state index contributed by atoms with van der Waals surface area (Å²) in [7, 11) is 1.65. The monoisotopic (exact) mass is 416 g/mol. The Hall–Kier alpha value is -2.09. The van der Waals surface area contributed by atoms with Gasteiger partial charge in [-0.3, -0.25) is 4.79 Å². The van der Waals surface area contributed by atoms with Gasteiger partial charge in [0.1, 0.15) is 5.75 Å². The number of carbonyl (C=O) groups excluding carboxylic acids is 1. The van der Waals surface area contributed by atoms with Crippen molar-refractivity contribution in [3.8, 4) is 5.75 Å². The largest absolute Gasteiger partial charge is 0.497 e. The predicted octanol–water partition coefficient (Wildman–Crippen LogP) is 4.14. The minimum absolute atomic E-state index is 0.152. The van der Waals surface area contributed by atoms with Crippen LogP contribution in [-0.2, 0) is 22.5 Å². The van der Waals surface area contributed by atoms with Crippen molar-refractivity contribution in [2.75, 3.05) is 26.6 Å². The number of fused-ring (bicyclic) bond motifs is 1. The third-order valence-corrected chi connectivity index (χ3v) is 6.07. The average Bonchev–Trinajstić information content (AvgIpc) is 3.04. The van der Waals surface area contributed by atoms with Crippen LogP contribution in [-0.4, -0.2) is 37.1 Å². The number of methoxy groups -OCH3 is 1. The molecule has 0 saturated carbocycles. The van der Waals surface area contributed by atoms with E-state index in [4.69, 9.17) is 9.47 Å². The second-order valence-corrected chi connectivity index (χ2v) is 7.99. The third kappa shape index (κ3) is 5.04. The van der Waals surface area contributed by atoms with E-state index < -0.39 is 0 Å². The maximum Gasteiger partial charge on any atom is 0.252 e. The number of thioether (sulfide) groups is 1. The summed E-state index contributed by atoms with van der Waals surface area (Å²) in [5.74, 6) is 0.637. The molecule has 0 atom stereocenters. The number of carbonyl (C=O) groups is 1. The molecule has 0 aliphatic heterocycles. The van der Waals surface area contributed by atoms with Gasteiger partial charge in [0.2, 0.25) is 0 Å². The van der Waals surface area contributed by atoms with Gasteiger partial charge < -0.3 is 14.0 Å². The van der Waals surface area contributed by atoms with Crippen molar-refractivity contribution < 1.29 is 14.3 Å². The van der Waals surface area contributed by atoms with E-state index in [0.29, 0.717) is 24.6 Å². The lowest BCUT2D eigenvalue weighted by atomic mass is 10.1. The number of thiazole rings is 1. The molecule has 28 heavy (non-hydrogen) atoms. The Balaban J connectivity index is 1.91. The fourth-order valence-corrected chi connectivity index (χ4v) is 4.36. The number of nitrogens with zero attached hydrogens (tertiary/aromatic N) is 2. The first kappa shape index (κ1) is 20.6. The average molecular weight is 417 g/mol. The van der Waals surface area contributed by atoms with Crippen LogP contribution in [0.15, 0.2) is 52.4 Å². The van der Waals surface area contributed by atoms with Crippen molar-refractivity contribution in [1.29, 1.82) is 0 Å². The standard InChI is InChI=1S/C21H24N2O3S2/c1-4-26-12-11-23-18-10-7-16(25-2)14-19(18)28-21(23)22-20(24)13-15-5-8-17(27-3)9-6-15/h5-10,14H,4,11-13H2,1-3H3. The van der Waals surface area contributed by atoms with Gasteiger partial charge in [-0.1, -0.05) is 23.5 Å². The molecule has 0 saturated heterocycles. The molecule has 0 aliphatic rings. The highest BCUT2D eigenvalue weighted by Gasteiger charge is 2.10. The second-order valence-electron chi connectivity index (χ2n) is 6.10. The summed E-state index contributed by atoms with van der Waals surface area (Å²) in [6.45, 7) is 3.85. The molecule has 1 aromatic heterocycles. The Bertz CT molecular complexity index is 1010. The van der Waals surface area contributed by atoms with Gasteiger partial charge >= 0.3 is 0 Å². The molecule has 0 N–H and O–H groups in total. The Labute approximate surface area is 173 Å². The highest BCUT2D eigenvalue weighted by molar-refractivity contribution is 7.98. The number of ether oxygens (including phenoxy) is 2. The van der Waals surface area contributed by atoms with Crippen LogP contribution in [0.2, 0.25) is 0 Å². The molecule has 0 fully saturated rings. The van der Waals surface area contributed by atoms with Crippen LogP contribution in [0.1, 0.15) is 12.5 Å². The van der Waals surface area contributed by atoms with E-state index in [1.807, 2.05) is 60.2 Å². The zero-order valence-electron chi connectivity index (χ0n) is 16.3. The van der Waals surface area contributed by atoms with Gasteiger partial charge in [-0.2, -0.15) is 4.99 Å². The summed E-state index contributed by atoms with van der Waals surface area (Å²) >= 11 is 3.18. The maximum atomic E-state index is 12.6. The van der Waals surface area contributed by atoms with Gasteiger partial charge in [0, 0.05) is 18.0 Å². The van der Waals surface area contributed by atoms with Gasteiger partial charge in [-0.15, -0.1) is 11.8 Å². The molecular weight excluding hydrogens is 392 g/mol. The van der Waals surface area contributed by atoms with E-state index in [0.717, 1.165) is 21.5 Å². The lowest BCUT2D eigenvalue weighted by molar-refractivity contribution is -0.117. The minimum Gasteiger partial charge on any atom is -0.497 e. The molecule has 5 nitrogen and oxygen atoms in total. The second kappa shape index (κ2) is 9.91. The highest BCUT2D eigenvalue weighted by Crippen LogP contribution is 2.23. The van der Waals surface area contributed by atoms with Gasteiger partial charge in [0.25, 0.3) is 5.91 Å². The molecule has 2 aromatic carbocycles. The minimum atomic E-state index is -0.152. The quantitative estimate of drug-likeness (QED) is 0.409. The van der Waals surface area contributed by atoms with Crippen molar-refractivity contribution in [2.24, 2.45) is 4.99 Å². The number of benzene rings is 2. The first-order valence-electron chi connectivity index (χ1n) is 9.10. The smallest absolute Gasteiger partial charge is 0.252 e. The number of hydrogen-bond donors (Lipinski definition) is 0. The van der Waals surface area contributed by atoms with Gasteiger partial charge in [0.15, 0.2) is 4.80 Å². The summed E-state index contributed by atoms with van der Waals surface area (Å²) in [5, 5.41) is 0. The molecule has 7 heteroatoms. The fourth-order valence-electron chi connectivity index (χ4n) is 2.85. The van der Waals surface area contributed by atoms with Crippen molar-refractivity contribution in [3.63, 3.8) is 0 Å².